The zero-order valence-electron chi connectivity index (χ0n) is 11.3. The van der Waals surface area contributed by atoms with E-state index in [0.717, 1.165) is 0 Å². The smallest absolute Gasteiger partial charge is 0.210 e. The van der Waals surface area contributed by atoms with Crippen molar-refractivity contribution >= 4 is 11.6 Å². The Bertz CT molecular complexity index is 454. The third-order valence-corrected chi connectivity index (χ3v) is 4.19. The molecule has 19 heavy (non-hydrogen) atoms. The van der Waals surface area contributed by atoms with Crippen LogP contribution in [-0.4, -0.2) is 50.2 Å². The van der Waals surface area contributed by atoms with Gasteiger partial charge in [0, 0.05) is 20.0 Å². The Kier molecular flexibility index (Phi) is 3.40. The molecule has 0 aromatic heterocycles. The van der Waals surface area contributed by atoms with E-state index in [1.54, 1.807) is 0 Å². The fourth-order valence-electron chi connectivity index (χ4n) is 3.12. The quantitative estimate of drug-likeness (QED) is 0.785. The first-order chi connectivity index (χ1) is 8.96. The first kappa shape index (κ1) is 14.0. The highest BCUT2D eigenvalue weighted by molar-refractivity contribution is 6.09. The number of ketones is 2. The van der Waals surface area contributed by atoms with Gasteiger partial charge in [-0.25, -0.2) is 0 Å². The van der Waals surface area contributed by atoms with E-state index in [4.69, 9.17) is 14.2 Å². The van der Waals surface area contributed by atoms with Crippen LogP contribution < -0.4 is 0 Å². The van der Waals surface area contributed by atoms with Gasteiger partial charge in [0.05, 0.1) is 26.2 Å². The summed E-state index contributed by atoms with van der Waals surface area (Å²) in [6.45, 7) is -0.203. The molecule has 0 aromatic carbocycles. The highest BCUT2D eigenvalue weighted by atomic mass is 16.5. The van der Waals surface area contributed by atoms with Crippen LogP contribution in [0.4, 0.5) is 0 Å². The van der Waals surface area contributed by atoms with E-state index in [1.165, 1.54) is 21.3 Å². The number of allylic oxidation sites excluding steroid dienone is 2. The van der Waals surface area contributed by atoms with Crippen molar-refractivity contribution in [1.82, 2.24) is 0 Å². The van der Waals surface area contributed by atoms with Gasteiger partial charge in [-0.2, -0.15) is 0 Å². The predicted octanol–water partition coefficient (Wildman–Crippen LogP) is 0.190. The summed E-state index contributed by atoms with van der Waals surface area (Å²) >= 11 is 0. The Morgan fingerprint density at radius 1 is 1.21 bits per heavy atom. The maximum absolute atomic E-state index is 12.5. The van der Waals surface area contributed by atoms with Crippen molar-refractivity contribution < 1.29 is 28.9 Å². The Morgan fingerprint density at radius 2 is 1.89 bits per heavy atom. The normalized spacial score (nSPS) is 34.5. The summed E-state index contributed by atoms with van der Waals surface area (Å²) in [4.78, 5) is 24.5. The third-order valence-electron chi connectivity index (χ3n) is 4.19. The summed E-state index contributed by atoms with van der Waals surface area (Å²) in [5.41, 5.74) is -3.01. The number of aliphatic hydroxyl groups is 1. The lowest BCUT2D eigenvalue weighted by Gasteiger charge is -2.35. The summed E-state index contributed by atoms with van der Waals surface area (Å²) in [6, 6.07) is 0. The summed E-state index contributed by atoms with van der Waals surface area (Å²) in [7, 11) is 4.20. The van der Waals surface area contributed by atoms with Gasteiger partial charge in [0.25, 0.3) is 0 Å². The Labute approximate surface area is 111 Å². The van der Waals surface area contributed by atoms with Gasteiger partial charge in [-0.1, -0.05) is 0 Å². The molecule has 1 fully saturated rings. The van der Waals surface area contributed by atoms with Crippen molar-refractivity contribution in [2.45, 2.75) is 24.9 Å². The molecule has 106 valence electrons. The minimum Gasteiger partial charge on any atom is -0.497 e. The van der Waals surface area contributed by atoms with Crippen LogP contribution in [0.15, 0.2) is 11.5 Å². The molecule has 0 aromatic rings. The van der Waals surface area contributed by atoms with Crippen molar-refractivity contribution in [3.8, 4) is 0 Å². The largest absolute Gasteiger partial charge is 0.497 e. The van der Waals surface area contributed by atoms with Crippen molar-refractivity contribution in [2.75, 3.05) is 27.9 Å². The maximum atomic E-state index is 12.5. The SMILES string of the molecule is COC[C@]1(O)C(=O)CC[C@]12CC(OC)=C(OC)C2=O. The molecule has 0 heterocycles. The Balaban J connectivity index is 2.46. The first-order valence-electron chi connectivity index (χ1n) is 6.07. The fourth-order valence-corrected chi connectivity index (χ4v) is 3.12. The van der Waals surface area contributed by atoms with Crippen molar-refractivity contribution in [2.24, 2.45) is 5.41 Å². The minimum atomic E-state index is -1.80. The summed E-state index contributed by atoms with van der Waals surface area (Å²) in [5, 5.41) is 10.7. The highest BCUT2D eigenvalue weighted by Gasteiger charge is 2.67. The number of methoxy groups -OCH3 is 3. The Hall–Kier alpha value is -1.40. The predicted molar refractivity (Wildman–Crippen MR) is 64.2 cm³/mol. The van der Waals surface area contributed by atoms with Crippen molar-refractivity contribution in [3.05, 3.63) is 11.5 Å². The topological polar surface area (TPSA) is 82.1 Å². The van der Waals surface area contributed by atoms with E-state index in [1.807, 2.05) is 0 Å². The molecule has 2 aliphatic carbocycles. The number of rotatable bonds is 4. The fraction of sp³-hybridized carbons (Fsp3) is 0.692. The van der Waals surface area contributed by atoms with E-state index in [-0.39, 0.29) is 43.2 Å². The van der Waals surface area contributed by atoms with E-state index >= 15 is 0 Å². The number of ether oxygens (including phenoxy) is 3. The summed E-state index contributed by atoms with van der Waals surface area (Å²) in [5.74, 6) is -0.281. The number of Topliss-reactive ketones (excluding diaryl/α,β-unsaturated/α-hetero) is 2. The second kappa shape index (κ2) is 4.61. The zero-order chi connectivity index (χ0) is 14.3. The van der Waals surface area contributed by atoms with Gasteiger partial charge < -0.3 is 19.3 Å². The van der Waals surface area contributed by atoms with Crippen LogP contribution in [0.3, 0.4) is 0 Å². The highest BCUT2D eigenvalue weighted by Crippen LogP contribution is 2.54. The second-order valence-corrected chi connectivity index (χ2v) is 4.97. The van der Waals surface area contributed by atoms with Crippen molar-refractivity contribution in [1.29, 1.82) is 0 Å². The summed E-state index contributed by atoms with van der Waals surface area (Å²) in [6.07, 6.45) is 0.598. The number of hydrogen-bond donors (Lipinski definition) is 1. The molecule has 0 aliphatic heterocycles. The van der Waals surface area contributed by atoms with E-state index in [0.29, 0.717) is 5.76 Å². The molecule has 2 aliphatic rings. The van der Waals surface area contributed by atoms with Gasteiger partial charge in [0.1, 0.15) is 5.76 Å². The Morgan fingerprint density at radius 3 is 2.37 bits per heavy atom. The molecule has 2 atom stereocenters. The molecule has 0 unspecified atom stereocenters. The van der Waals surface area contributed by atoms with Crippen LogP contribution >= 0.6 is 0 Å². The molecule has 1 spiro atoms. The molecule has 0 bridgehead atoms. The number of hydrogen-bond acceptors (Lipinski definition) is 6. The molecule has 0 amide bonds. The standard InChI is InChI=1S/C13H18O6/c1-17-7-13(16)9(14)4-5-12(13)6-8(18-2)10(19-3)11(12)15/h16H,4-7H2,1-3H3/t12-,13+/m1/s1. The van der Waals surface area contributed by atoms with Gasteiger partial charge >= 0.3 is 0 Å². The molecular formula is C13H18O6. The van der Waals surface area contributed by atoms with Crippen LogP contribution in [0.5, 0.6) is 0 Å². The van der Waals surface area contributed by atoms with Gasteiger partial charge in [-0.3, -0.25) is 9.59 Å². The maximum Gasteiger partial charge on any atom is 0.210 e. The average molecular weight is 270 g/mol. The van der Waals surface area contributed by atoms with Crippen molar-refractivity contribution in [3.63, 3.8) is 0 Å². The lowest BCUT2D eigenvalue weighted by atomic mass is 9.71. The van der Waals surface area contributed by atoms with E-state index in [9.17, 15) is 14.7 Å². The van der Waals surface area contributed by atoms with E-state index in [2.05, 4.69) is 0 Å². The third kappa shape index (κ3) is 1.63. The summed E-state index contributed by atoms with van der Waals surface area (Å²) < 4.78 is 15.2. The first-order valence-corrected chi connectivity index (χ1v) is 6.07. The van der Waals surface area contributed by atoms with Crippen LogP contribution in [0.2, 0.25) is 0 Å². The average Bonchev–Trinajstić information content (AvgIpc) is 2.81. The molecular weight excluding hydrogens is 252 g/mol. The molecule has 0 radical (unpaired) electrons. The molecule has 1 N–H and O–H groups in total. The van der Waals surface area contributed by atoms with Crippen LogP contribution in [0.1, 0.15) is 19.3 Å². The monoisotopic (exact) mass is 270 g/mol. The number of carbonyl (C=O) groups excluding carboxylic acids is 2. The van der Waals surface area contributed by atoms with Gasteiger partial charge in [0.15, 0.2) is 11.4 Å². The van der Waals surface area contributed by atoms with Gasteiger partial charge in [0.2, 0.25) is 11.5 Å². The molecule has 1 saturated carbocycles. The van der Waals surface area contributed by atoms with Gasteiger partial charge in [-0.15, -0.1) is 0 Å². The lowest BCUT2D eigenvalue weighted by Crippen LogP contribution is -2.55. The zero-order valence-corrected chi connectivity index (χ0v) is 11.3. The minimum absolute atomic E-state index is 0.0896. The number of carbonyl (C=O) groups is 2. The molecule has 6 nitrogen and oxygen atoms in total. The van der Waals surface area contributed by atoms with E-state index < -0.39 is 11.0 Å². The molecule has 6 heteroatoms. The van der Waals surface area contributed by atoms with Crippen LogP contribution in [-0.2, 0) is 23.8 Å². The second-order valence-electron chi connectivity index (χ2n) is 4.97. The van der Waals surface area contributed by atoms with Crippen LogP contribution in [0, 0.1) is 5.41 Å². The molecule has 2 rings (SSSR count). The lowest BCUT2D eigenvalue weighted by molar-refractivity contribution is -0.161. The van der Waals surface area contributed by atoms with Crippen LogP contribution in [0.25, 0.3) is 0 Å². The molecule has 0 saturated heterocycles. The van der Waals surface area contributed by atoms with Gasteiger partial charge in [-0.05, 0) is 6.42 Å².